The van der Waals surface area contributed by atoms with Crippen molar-refractivity contribution in [1.82, 2.24) is 9.97 Å². The molecule has 0 amide bonds. The number of benzene rings is 2. The maximum absolute atomic E-state index is 14.3. The van der Waals surface area contributed by atoms with Gasteiger partial charge in [-0.15, -0.1) is 0 Å². The molecule has 1 N–H and O–H groups in total. The van der Waals surface area contributed by atoms with Crippen LogP contribution >= 0.6 is 0 Å². The van der Waals surface area contributed by atoms with E-state index in [-0.39, 0.29) is 5.82 Å². The molecule has 0 aliphatic rings. The average molecular weight is 450 g/mol. The third-order valence-corrected chi connectivity index (χ3v) is 4.36. The molecule has 1 heterocycles. The van der Waals surface area contributed by atoms with Crippen molar-refractivity contribution in [2.45, 2.75) is 0 Å². The molecule has 0 bridgehead atoms. The smallest absolute Gasteiger partial charge is 0.163 e. The van der Waals surface area contributed by atoms with Crippen molar-refractivity contribution < 1.29 is 13.5 Å². The number of alkyl halides is 1. The second kappa shape index (κ2) is 13.3. The molecular weight excluding hydrogens is 424 g/mol. The lowest BCUT2D eigenvalue weighted by Crippen LogP contribution is -2.10. The number of nitrogens with one attached hydrogen (secondary N) is 1. The Kier molecular flexibility index (Phi) is 10.1. The second-order valence-electron chi connectivity index (χ2n) is 6.34. The predicted molar refractivity (Wildman–Crippen MR) is 133 cm³/mol. The van der Waals surface area contributed by atoms with Crippen molar-refractivity contribution in [3.8, 4) is 11.1 Å². The minimum absolute atomic E-state index is 0.293. The molecule has 3 aromatic rings. The Labute approximate surface area is 191 Å². The Morgan fingerprint density at radius 1 is 1.12 bits per heavy atom. The van der Waals surface area contributed by atoms with Crippen molar-refractivity contribution in [1.29, 1.82) is 0 Å². The predicted octanol–water partition coefficient (Wildman–Crippen LogP) is 5.85. The summed E-state index contributed by atoms with van der Waals surface area (Å²) in [5, 5.41) is 4.01. The Hall–Kier alpha value is -4.20. The number of halogens is 2. The number of fused-ring (bicyclic) bond motifs is 1. The Bertz CT molecular complexity index is 1170. The molecule has 0 saturated carbocycles. The van der Waals surface area contributed by atoms with E-state index in [9.17, 15) is 8.78 Å². The normalized spacial score (nSPS) is 10.9. The third kappa shape index (κ3) is 6.64. The molecule has 0 aliphatic carbocycles. The Morgan fingerprint density at radius 3 is 2.61 bits per heavy atom. The van der Waals surface area contributed by atoms with E-state index in [1.54, 1.807) is 30.5 Å². The van der Waals surface area contributed by atoms with E-state index in [2.05, 4.69) is 45.3 Å². The lowest BCUT2D eigenvalue weighted by molar-refractivity contribution is 0.262. The van der Waals surface area contributed by atoms with Crippen molar-refractivity contribution in [3.05, 3.63) is 85.4 Å². The number of aliphatic imine (C=N–C) groups is 2. The van der Waals surface area contributed by atoms with E-state index in [0.29, 0.717) is 48.6 Å². The van der Waals surface area contributed by atoms with Gasteiger partial charge in [0.05, 0.1) is 25.4 Å². The van der Waals surface area contributed by atoms with Gasteiger partial charge in [0.2, 0.25) is 0 Å². The van der Waals surface area contributed by atoms with Gasteiger partial charge in [-0.05, 0) is 37.2 Å². The van der Waals surface area contributed by atoms with Gasteiger partial charge in [0.25, 0.3) is 0 Å². The van der Waals surface area contributed by atoms with E-state index < -0.39 is 0 Å². The van der Waals surface area contributed by atoms with Gasteiger partial charge in [-0.2, -0.15) is 0 Å². The lowest BCUT2D eigenvalue weighted by Gasteiger charge is -2.13. The van der Waals surface area contributed by atoms with Crippen LogP contribution in [-0.4, -0.2) is 43.7 Å². The Balaban J connectivity index is 0.00000187. The van der Waals surface area contributed by atoms with Crippen LogP contribution in [-0.2, 0) is 4.74 Å². The number of anilines is 1. The Morgan fingerprint density at radius 2 is 1.91 bits per heavy atom. The number of nitrogens with zero attached hydrogens (tertiary/aromatic N) is 4. The molecule has 8 heteroatoms. The molecule has 170 valence electrons. The van der Waals surface area contributed by atoms with Crippen molar-refractivity contribution in [2.24, 2.45) is 9.98 Å². The van der Waals surface area contributed by atoms with Crippen LogP contribution in [0, 0.1) is 5.82 Å². The standard InChI is InChI=1S/C24H22FN5O.CH3F/c1-4-17(16-27-3)23-29-22-10-9-18(19-7-5-6-8-21(19)25)15-20(22)24(30-23)28-12-14-31-13-11-26-2;1-2/h4-11,13,15-16H,1-3,12,14H2,(H,28,29,30);1H3/b13-11-,17-16+;. The quantitative estimate of drug-likeness (QED) is 0.182. The first-order valence-corrected chi connectivity index (χ1v) is 9.87. The number of aromatic nitrogens is 2. The van der Waals surface area contributed by atoms with Crippen LogP contribution < -0.4 is 5.32 Å². The van der Waals surface area contributed by atoms with Crippen molar-refractivity contribution in [3.63, 3.8) is 0 Å². The molecule has 0 aliphatic heterocycles. The van der Waals surface area contributed by atoms with Gasteiger partial charge >= 0.3 is 0 Å². The number of allylic oxidation sites excluding steroid dienone is 2. The number of ether oxygens (including phenoxy) is 1. The fourth-order valence-corrected chi connectivity index (χ4v) is 2.94. The van der Waals surface area contributed by atoms with Crippen LogP contribution in [0.1, 0.15) is 5.82 Å². The minimum Gasteiger partial charge on any atom is -0.498 e. The summed E-state index contributed by atoms with van der Waals surface area (Å²) in [6.45, 7) is 11.5. The first-order chi connectivity index (χ1) is 16.2. The van der Waals surface area contributed by atoms with Gasteiger partial charge in [-0.3, -0.25) is 14.4 Å². The zero-order valence-corrected chi connectivity index (χ0v) is 18.3. The highest BCUT2D eigenvalue weighted by molar-refractivity contribution is 5.94. The molecule has 0 unspecified atom stereocenters. The third-order valence-electron chi connectivity index (χ3n) is 4.36. The van der Waals surface area contributed by atoms with Crippen LogP contribution in [0.4, 0.5) is 14.6 Å². The fraction of sp³-hybridized carbons (Fsp3) is 0.120. The van der Waals surface area contributed by atoms with Crippen molar-refractivity contribution >= 4 is 35.7 Å². The van der Waals surface area contributed by atoms with Gasteiger partial charge in [-0.1, -0.05) is 36.9 Å². The summed E-state index contributed by atoms with van der Waals surface area (Å²) in [5.74, 6) is 0.746. The zero-order chi connectivity index (χ0) is 24.1. The zero-order valence-electron chi connectivity index (χ0n) is 18.3. The van der Waals surface area contributed by atoms with Crippen molar-refractivity contribution in [2.75, 3.05) is 25.6 Å². The summed E-state index contributed by atoms with van der Waals surface area (Å²) in [5.41, 5.74) is 2.57. The SMILES string of the molecule is C=C/C(=C\N=C)c1nc(NCCO/C=C\N=C)c2cc(-c3ccccc3F)ccc2n1.CF. The molecular formula is C25H25F2N5O. The summed E-state index contributed by atoms with van der Waals surface area (Å²) in [6.07, 6.45) is 6.08. The first-order valence-electron chi connectivity index (χ1n) is 9.87. The molecule has 6 nitrogen and oxygen atoms in total. The van der Waals surface area contributed by atoms with Gasteiger partial charge in [0, 0.05) is 22.7 Å². The van der Waals surface area contributed by atoms with Crippen LogP contribution in [0.3, 0.4) is 0 Å². The summed E-state index contributed by atoms with van der Waals surface area (Å²) in [4.78, 5) is 16.6. The summed E-state index contributed by atoms with van der Waals surface area (Å²) >= 11 is 0. The molecule has 33 heavy (non-hydrogen) atoms. The van der Waals surface area contributed by atoms with Gasteiger partial charge < -0.3 is 10.1 Å². The van der Waals surface area contributed by atoms with Crippen LogP contribution in [0.15, 0.2) is 83.8 Å². The molecule has 0 radical (unpaired) electrons. The van der Waals surface area contributed by atoms with E-state index in [1.807, 2.05) is 18.2 Å². The van der Waals surface area contributed by atoms with Crippen LogP contribution in [0.25, 0.3) is 27.6 Å². The fourth-order valence-electron chi connectivity index (χ4n) is 2.94. The molecule has 0 spiro atoms. The number of rotatable bonds is 10. The van der Waals surface area contributed by atoms with E-state index >= 15 is 0 Å². The molecule has 1 aromatic heterocycles. The number of hydrogen-bond acceptors (Lipinski definition) is 6. The van der Waals surface area contributed by atoms with Gasteiger partial charge in [0.1, 0.15) is 24.5 Å². The highest BCUT2D eigenvalue weighted by atomic mass is 19.1. The van der Waals surface area contributed by atoms with E-state index in [1.165, 1.54) is 18.5 Å². The topological polar surface area (TPSA) is 71.8 Å². The first kappa shape index (κ1) is 25.1. The maximum Gasteiger partial charge on any atom is 0.163 e. The monoisotopic (exact) mass is 449 g/mol. The minimum atomic E-state index is -0.293. The van der Waals surface area contributed by atoms with E-state index in [4.69, 9.17) is 4.74 Å². The van der Waals surface area contributed by atoms with E-state index in [0.717, 1.165) is 10.9 Å². The average Bonchev–Trinajstić information content (AvgIpc) is 2.85. The van der Waals surface area contributed by atoms with Gasteiger partial charge in [-0.25, -0.2) is 14.4 Å². The van der Waals surface area contributed by atoms with Gasteiger partial charge in [0.15, 0.2) is 5.82 Å². The van der Waals surface area contributed by atoms with Crippen LogP contribution in [0.2, 0.25) is 0 Å². The highest BCUT2D eigenvalue weighted by Gasteiger charge is 2.12. The summed E-state index contributed by atoms with van der Waals surface area (Å²) < 4.78 is 29.1. The summed E-state index contributed by atoms with van der Waals surface area (Å²) in [7, 11) is 0.500. The highest BCUT2D eigenvalue weighted by Crippen LogP contribution is 2.30. The molecule has 0 fully saturated rings. The number of hydrogen-bond donors (Lipinski definition) is 1. The molecule has 3 rings (SSSR count). The summed E-state index contributed by atoms with van der Waals surface area (Å²) in [6, 6.07) is 12.2. The second-order valence-corrected chi connectivity index (χ2v) is 6.34. The maximum atomic E-state index is 14.3. The van der Waals surface area contributed by atoms with Crippen LogP contribution in [0.5, 0.6) is 0 Å². The molecule has 0 atom stereocenters. The lowest BCUT2D eigenvalue weighted by atomic mass is 10.0. The largest absolute Gasteiger partial charge is 0.498 e. The molecule has 2 aromatic carbocycles. The molecule has 0 saturated heterocycles.